The molecule has 0 saturated heterocycles. The van der Waals surface area contributed by atoms with Crippen LogP contribution in [0.25, 0.3) is 32.9 Å². The lowest BCUT2D eigenvalue weighted by molar-refractivity contribution is -0.632. The molecule has 4 aromatic rings. The van der Waals surface area contributed by atoms with Gasteiger partial charge in [0.2, 0.25) is 11.2 Å². The summed E-state index contributed by atoms with van der Waals surface area (Å²) in [4.78, 5) is 0. The molecule has 4 rings (SSSR count). The highest BCUT2D eigenvalue weighted by molar-refractivity contribution is 6.09. The second kappa shape index (κ2) is 6.68. The van der Waals surface area contributed by atoms with Crippen LogP contribution in [-0.4, -0.2) is 6.61 Å². The first-order chi connectivity index (χ1) is 12.7. The van der Waals surface area contributed by atoms with Gasteiger partial charge >= 0.3 is 0 Å². The van der Waals surface area contributed by atoms with Crippen molar-refractivity contribution in [3.8, 4) is 17.0 Å². The summed E-state index contributed by atoms with van der Waals surface area (Å²) in [6.45, 7) is 2.84. The second-order valence-corrected chi connectivity index (χ2v) is 6.60. The molecule has 0 aliphatic rings. The van der Waals surface area contributed by atoms with Crippen molar-refractivity contribution in [2.24, 2.45) is 7.05 Å². The number of aromatic nitrogens is 1. The number of aryl methyl sites for hydroxylation is 1. The number of anilines is 1. The number of pyridine rings is 1. The Balaban J connectivity index is 2.07. The predicted molar refractivity (Wildman–Crippen MR) is 108 cm³/mol. The van der Waals surface area contributed by atoms with Gasteiger partial charge < -0.3 is 10.5 Å². The van der Waals surface area contributed by atoms with Crippen molar-refractivity contribution < 1.29 is 9.30 Å². The fourth-order valence-electron chi connectivity index (χ4n) is 3.55. The number of fused-ring (bicyclic) bond motifs is 3. The van der Waals surface area contributed by atoms with Crippen molar-refractivity contribution >= 4 is 27.4 Å². The Morgan fingerprint density at radius 1 is 0.885 bits per heavy atom. The van der Waals surface area contributed by atoms with Crippen LogP contribution in [0.4, 0.5) is 5.69 Å². The van der Waals surface area contributed by atoms with Gasteiger partial charge in [0.05, 0.1) is 17.4 Å². The Kier molecular flexibility index (Phi) is 4.21. The maximum atomic E-state index is 5.90. The third kappa shape index (κ3) is 2.76. The summed E-state index contributed by atoms with van der Waals surface area (Å²) in [6, 6.07) is 23.0. The number of hydrogen-bond acceptors (Lipinski definition) is 2. The molecule has 130 valence electrons. The van der Waals surface area contributed by atoms with E-state index in [1.165, 1.54) is 27.4 Å². The van der Waals surface area contributed by atoms with E-state index in [0.29, 0.717) is 0 Å². The highest BCUT2D eigenvalue weighted by Crippen LogP contribution is 2.33. The molecule has 0 fully saturated rings. The van der Waals surface area contributed by atoms with Crippen LogP contribution in [0.3, 0.4) is 0 Å². The molecule has 1 heterocycles. The third-order valence-corrected chi connectivity index (χ3v) is 4.79. The summed E-state index contributed by atoms with van der Waals surface area (Å²) >= 11 is 0. The summed E-state index contributed by atoms with van der Waals surface area (Å²) in [6.07, 6.45) is 0.994. The molecule has 26 heavy (non-hydrogen) atoms. The highest BCUT2D eigenvalue weighted by atomic mass is 16.5. The zero-order valence-electron chi connectivity index (χ0n) is 15.2. The van der Waals surface area contributed by atoms with E-state index < -0.39 is 0 Å². The first kappa shape index (κ1) is 16.4. The lowest BCUT2D eigenvalue weighted by Crippen LogP contribution is -2.32. The van der Waals surface area contributed by atoms with Gasteiger partial charge in [0, 0.05) is 22.7 Å². The van der Waals surface area contributed by atoms with E-state index in [-0.39, 0.29) is 0 Å². The van der Waals surface area contributed by atoms with Gasteiger partial charge in [-0.15, -0.1) is 0 Å². The zero-order valence-corrected chi connectivity index (χ0v) is 15.2. The zero-order chi connectivity index (χ0) is 18.1. The molecule has 0 saturated carbocycles. The number of hydrogen-bond donors (Lipinski definition) is 1. The molecule has 1 aromatic heterocycles. The lowest BCUT2D eigenvalue weighted by Gasteiger charge is -2.12. The molecule has 0 atom stereocenters. The van der Waals surface area contributed by atoms with Gasteiger partial charge in [-0.3, -0.25) is 0 Å². The number of para-hydroxylation sites is 1. The number of rotatable bonds is 4. The maximum absolute atomic E-state index is 5.90. The van der Waals surface area contributed by atoms with E-state index >= 15 is 0 Å². The van der Waals surface area contributed by atoms with Crippen molar-refractivity contribution in [2.45, 2.75) is 13.3 Å². The minimum absolute atomic E-state index is 0.725. The Hall–Kier alpha value is -3.07. The molecule has 0 aliphatic heterocycles. The SMILES string of the molecule is CCCOc1ccc2c(c1)c(-c1ccc(N)cc1)[n+](C)c1ccccc21. The Morgan fingerprint density at radius 2 is 1.65 bits per heavy atom. The third-order valence-electron chi connectivity index (χ3n) is 4.79. The maximum Gasteiger partial charge on any atom is 0.220 e. The number of nitrogen functional groups attached to an aromatic ring is 1. The van der Waals surface area contributed by atoms with Crippen molar-refractivity contribution in [2.75, 3.05) is 12.3 Å². The van der Waals surface area contributed by atoms with Crippen LogP contribution < -0.4 is 15.0 Å². The molecular weight excluding hydrogens is 320 g/mol. The van der Waals surface area contributed by atoms with Crippen molar-refractivity contribution in [3.05, 3.63) is 66.7 Å². The summed E-state index contributed by atoms with van der Waals surface area (Å²) in [5.41, 5.74) is 10.2. The van der Waals surface area contributed by atoms with Crippen LogP contribution in [-0.2, 0) is 7.05 Å². The van der Waals surface area contributed by atoms with Gasteiger partial charge in [0.15, 0.2) is 0 Å². The number of benzene rings is 3. The fraction of sp³-hybridized carbons (Fsp3) is 0.174. The monoisotopic (exact) mass is 343 g/mol. The van der Waals surface area contributed by atoms with E-state index in [2.05, 4.69) is 73.1 Å². The van der Waals surface area contributed by atoms with E-state index in [1.807, 2.05) is 12.1 Å². The van der Waals surface area contributed by atoms with Crippen LogP contribution in [0.5, 0.6) is 5.75 Å². The smallest absolute Gasteiger partial charge is 0.220 e. The predicted octanol–water partition coefficient (Wildman–Crippen LogP) is 4.86. The average molecular weight is 343 g/mol. The highest BCUT2D eigenvalue weighted by Gasteiger charge is 2.20. The van der Waals surface area contributed by atoms with Crippen LogP contribution in [0.2, 0.25) is 0 Å². The van der Waals surface area contributed by atoms with E-state index in [4.69, 9.17) is 10.5 Å². The van der Waals surface area contributed by atoms with E-state index in [0.717, 1.165) is 30.0 Å². The Bertz CT molecular complexity index is 1080. The minimum Gasteiger partial charge on any atom is -0.494 e. The quantitative estimate of drug-likeness (QED) is 0.327. The molecule has 0 radical (unpaired) electrons. The molecule has 3 aromatic carbocycles. The number of ether oxygens (including phenoxy) is 1. The first-order valence-electron chi connectivity index (χ1n) is 9.02. The second-order valence-electron chi connectivity index (χ2n) is 6.60. The molecule has 0 amide bonds. The normalized spacial score (nSPS) is 11.2. The van der Waals surface area contributed by atoms with Gasteiger partial charge in [-0.1, -0.05) is 19.1 Å². The molecule has 0 aliphatic carbocycles. The fourth-order valence-corrected chi connectivity index (χ4v) is 3.55. The molecule has 0 unspecified atom stereocenters. The molecule has 3 heteroatoms. The van der Waals surface area contributed by atoms with Crippen molar-refractivity contribution in [1.29, 1.82) is 0 Å². The van der Waals surface area contributed by atoms with Gasteiger partial charge in [-0.05, 0) is 55.0 Å². The standard InChI is InChI=1S/C23H22N2O/c1-3-14-26-18-12-13-19-20-6-4-5-7-22(20)25(2)23(21(19)15-18)16-8-10-17(24)11-9-16/h4-13,15,24H,3,14H2,1-2H3/p+1. The summed E-state index contributed by atoms with van der Waals surface area (Å²) in [7, 11) is 2.12. The number of nitrogens with zero attached hydrogens (tertiary/aromatic N) is 1. The topological polar surface area (TPSA) is 39.1 Å². The van der Waals surface area contributed by atoms with Crippen LogP contribution in [0.15, 0.2) is 66.7 Å². The Morgan fingerprint density at radius 3 is 2.42 bits per heavy atom. The van der Waals surface area contributed by atoms with E-state index in [9.17, 15) is 0 Å². The molecule has 3 nitrogen and oxygen atoms in total. The van der Waals surface area contributed by atoms with Crippen molar-refractivity contribution in [1.82, 2.24) is 0 Å². The summed E-state index contributed by atoms with van der Waals surface area (Å²) in [5, 5.41) is 3.66. The van der Waals surface area contributed by atoms with E-state index in [1.54, 1.807) is 0 Å². The van der Waals surface area contributed by atoms with Crippen LogP contribution in [0, 0.1) is 0 Å². The van der Waals surface area contributed by atoms with Gasteiger partial charge in [0.1, 0.15) is 12.8 Å². The Labute approximate surface area is 153 Å². The largest absolute Gasteiger partial charge is 0.494 e. The average Bonchev–Trinajstić information content (AvgIpc) is 2.68. The minimum atomic E-state index is 0.725. The summed E-state index contributed by atoms with van der Waals surface area (Å²) < 4.78 is 8.15. The summed E-state index contributed by atoms with van der Waals surface area (Å²) in [5.74, 6) is 0.909. The first-order valence-corrected chi connectivity index (χ1v) is 9.02. The molecule has 0 bridgehead atoms. The van der Waals surface area contributed by atoms with Gasteiger partial charge in [0.25, 0.3) is 0 Å². The van der Waals surface area contributed by atoms with Crippen LogP contribution >= 0.6 is 0 Å². The molecular formula is C23H23N2O+. The van der Waals surface area contributed by atoms with Gasteiger partial charge in [-0.25, -0.2) is 0 Å². The van der Waals surface area contributed by atoms with Gasteiger partial charge in [-0.2, -0.15) is 4.57 Å². The van der Waals surface area contributed by atoms with Crippen molar-refractivity contribution in [3.63, 3.8) is 0 Å². The lowest BCUT2D eigenvalue weighted by atomic mass is 9.99. The molecule has 2 N–H and O–H groups in total. The molecule has 0 spiro atoms. The van der Waals surface area contributed by atoms with Crippen LogP contribution in [0.1, 0.15) is 13.3 Å². The number of nitrogens with two attached hydrogens (primary N) is 1.